The smallest absolute Gasteiger partial charge is 0.329 e. The van der Waals surface area contributed by atoms with Gasteiger partial charge in [0.15, 0.2) is 0 Å². The lowest BCUT2D eigenvalue weighted by Crippen LogP contribution is -2.38. The van der Waals surface area contributed by atoms with Crippen molar-refractivity contribution < 1.29 is 23.8 Å². The number of hydrogen-bond donors (Lipinski definition) is 1. The highest BCUT2D eigenvalue weighted by molar-refractivity contribution is 5.86. The molecule has 1 N–H and O–H groups in total. The maximum atomic E-state index is 12.1. The molecule has 6 nitrogen and oxygen atoms in total. The summed E-state index contributed by atoms with van der Waals surface area (Å²) in [6, 6.07) is 4.89. The van der Waals surface area contributed by atoms with Gasteiger partial charge in [0.2, 0.25) is 5.91 Å². The summed E-state index contributed by atoms with van der Waals surface area (Å²) >= 11 is 0. The number of carbonyl (C=O) groups excluding carboxylic acids is 2. The second kappa shape index (κ2) is 6.89. The highest BCUT2D eigenvalue weighted by Crippen LogP contribution is 2.27. The lowest BCUT2D eigenvalue weighted by Gasteiger charge is -2.14. The Kier molecular flexibility index (Phi) is 5.13. The number of amides is 1. The summed E-state index contributed by atoms with van der Waals surface area (Å²) in [5.41, 5.74) is 0.363. The summed E-state index contributed by atoms with van der Waals surface area (Å²) in [7, 11) is 3.17. The number of aryl methyl sites for hydroxylation is 1. The first-order valence-electron chi connectivity index (χ1n) is 7.58. The molecular weight excluding hydrogens is 298 g/mol. The van der Waals surface area contributed by atoms with E-state index in [9.17, 15) is 9.59 Å². The van der Waals surface area contributed by atoms with E-state index in [2.05, 4.69) is 5.32 Å². The zero-order valence-corrected chi connectivity index (χ0v) is 14.0. The molecule has 1 aromatic rings. The van der Waals surface area contributed by atoms with Crippen molar-refractivity contribution in [3.8, 4) is 11.5 Å². The fourth-order valence-electron chi connectivity index (χ4n) is 2.66. The molecule has 1 aliphatic heterocycles. The average Bonchev–Trinajstić information content (AvgIpc) is 2.76. The van der Waals surface area contributed by atoms with Crippen LogP contribution >= 0.6 is 0 Å². The number of benzene rings is 1. The van der Waals surface area contributed by atoms with Crippen molar-refractivity contribution in [1.82, 2.24) is 5.32 Å². The van der Waals surface area contributed by atoms with Crippen LogP contribution in [0.5, 0.6) is 11.5 Å². The fraction of sp³-hybridized carbons (Fsp3) is 0.529. The molecule has 0 radical (unpaired) electrons. The summed E-state index contributed by atoms with van der Waals surface area (Å²) in [5.74, 6) is 0.860. The monoisotopic (exact) mass is 321 g/mol. The van der Waals surface area contributed by atoms with Crippen molar-refractivity contribution >= 4 is 11.9 Å². The molecule has 0 bridgehead atoms. The number of methoxy groups -OCH3 is 2. The Morgan fingerprint density at radius 2 is 2.09 bits per heavy atom. The number of carbonyl (C=O) groups is 2. The van der Waals surface area contributed by atoms with Gasteiger partial charge in [0.1, 0.15) is 23.1 Å². The lowest BCUT2D eigenvalue weighted by atomic mass is 10.0. The predicted molar refractivity (Wildman–Crippen MR) is 84.6 cm³/mol. The topological polar surface area (TPSA) is 73.9 Å². The predicted octanol–water partition coefficient (Wildman–Crippen LogP) is 1.85. The Balaban J connectivity index is 1.93. The van der Waals surface area contributed by atoms with Crippen LogP contribution in [0.4, 0.5) is 0 Å². The van der Waals surface area contributed by atoms with E-state index >= 15 is 0 Å². The zero-order valence-electron chi connectivity index (χ0n) is 14.0. The van der Waals surface area contributed by atoms with Crippen molar-refractivity contribution in [1.29, 1.82) is 0 Å². The molecule has 1 saturated heterocycles. The van der Waals surface area contributed by atoms with Gasteiger partial charge in [0.05, 0.1) is 14.2 Å². The molecule has 1 aromatic carbocycles. The van der Waals surface area contributed by atoms with Crippen molar-refractivity contribution in [2.45, 2.75) is 44.8 Å². The van der Waals surface area contributed by atoms with Crippen molar-refractivity contribution in [2.75, 3.05) is 14.2 Å². The maximum absolute atomic E-state index is 12.1. The van der Waals surface area contributed by atoms with Crippen LogP contribution in [-0.4, -0.2) is 37.7 Å². The molecule has 1 fully saturated rings. The number of hydrogen-bond acceptors (Lipinski definition) is 5. The molecule has 0 aromatic heterocycles. The first-order valence-corrected chi connectivity index (χ1v) is 7.58. The Morgan fingerprint density at radius 1 is 1.35 bits per heavy atom. The Hall–Kier alpha value is -2.24. The molecule has 1 unspecified atom stereocenters. The number of ether oxygens (including phenoxy) is 3. The zero-order chi connectivity index (χ0) is 17.0. The Bertz CT molecular complexity index is 597. The molecule has 126 valence electrons. The van der Waals surface area contributed by atoms with E-state index in [0.29, 0.717) is 24.3 Å². The third-order valence-corrected chi connectivity index (χ3v) is 3.80. The lowest BCUT2D eigenvalue weighted by molar-refractivity contribution is -0.148. The summed E-state index contributed by atoms with van der Waals surface area (Å²) in [5, 5.41) is 2.74. The Morgan fingerprint density at radius 3 is 2.65 bits per heavy atom. The van der Waals surface area contributed by atoms with E-state index < -0.39 is 11.6 Å². The van der Waals surface area contributed by atoms with E-state index in [1.54, 1.807) is 20.3 Å². The van der Waals surface area contributed by atoms with Gasteiger partial charge in [-0.25, -0.2) is 4.79 Å². The van der Waals surface area contributed by atoms with Gasteiger partial charge in [-0.15, -0.1) is 0 Å². The van der Waals surface area contributed by atoms with E-state index in [0.717, 1.165) is 5.56 Å². The molecule has 2 rings (SSSR count). The molecule has 23 heavy (non-hydrogen) atoms. The van der Waals surface area contributed by atoms with Crippen LogP contribution in [0, 0.1) is 0 Å². The van der Waals surface area contributed by atoms with Gasteiger partial charge < -0.3 is 19.5 Å². The first kappa shape index (κ1) is 17.1. The summed E-state index contributed by atoms with van der Waals surface area (Å²) in [4.78, 5) is 23.8. The van der Waals surface area contributed by atoms with E-state index in [1.807, 2.05) is 26.0 Å². The minimum atomic E-state index is -0.565. The number of rotatable bonds is 6. The largest absolute Gasteiger partial charge is 0.497 e. The van der Waals surface area contributed by atoms with Crippen molar-refractivity contribution in [3.05, 3.63) is 23.8 Å². The van der Waals surface area contributed by atoms with Crippen molar-refractivity contribution in [2.24, 2.45) is 0 Å². The van der Waals surface area contributed by atoms with E-state index in [4.69, 9.17) is 14.2 Å². The SMILES string of the molecule is COc1ccc(OC)c(CCC(=O)NC2CC(C)(C)OC2=O)c1. The molecule has 6 heteroatoms. The highest BCUT2D eigenvalue weighted by atomic mass is 16.6. The average molecular weight is 321 g/mol. The number of cyclic esters (lactones) is 1. The summed E-state index contributed by atoms with van der Waals surface area (Å²) in [6.07, 6.45) is 1.24. The van der Waals surface area contributed by atoms with Crippen LogP contribution in [0.1, 0.15) is 32.3 Å². The van der Waals surface area contributed by atoms with Gasteiger partial charge in [0.25, 0.3) is 0 Å². The molecule has 1 heterocycles. The van der Waals surface area contributed by atoms with Crippen LogP contribution in [0.15, 0.2) is 18.2 Å². The van der Waals surface area contributed by atoms with Gasteiger partial charge >= 0.3 is 5.97 Å². The standard InChI is InChI=1S/C17H23NO5/c1-17(2)10-13(16(20)23-17)18-15(19)8-5-11-9-12(21-3)6-7-14(11)22-4/h6-7,9,13H,5,8,10H2,1-4H3,(H,18,19). The summed E-state index contributed by atoms with van der Waals surface area (Å²) < 4.78 is 15.7. The number of esters is 1. The molecule has 1 aliphatic rings. The van der Waals surface area contributed by atoms with Gasteiger partial charge in [0, 0.05) is 12.8 Å². The Labute approximate surface area is 136 Å². The van der Waals surface area contributed by atoms with Crippen LogP contribution in [0.25, 0.3) is 0 Å². The third-order valence-electron chi connectivity index (χ3n) is 3.80. The van der Waals surface area contributed by atoms with Crippen LogP contribution in [0.3, 0.4) is 0 Å². The fourth-order valence-corrected chi connectivity index (χ4v) is 2.66. The maximum Gasteiger partial charge on any atom is 0.329 e. The minimum Gasteiger partial charge on any atom is -0.497 e. The second-order valence-electron chi connectivity index (χ2n) is 6.18. The number of nitrogens with one attached hydrogen (secondary N) is 1. The van der Waals surface area contributed by atoms with E-state index in [-0.39, 0.29) is 18.3 Å². The molecule has 0 spiro atoms. The van der Waals surface area contributed by atoms with Gasteiger partial charge in [-0.1, -0.05) is 0 Å². The molecule has 1 amide bonds. The molecular formula is C17H23NO5. The quantitative estimate of drug-likeness (QED) is 0.809. The summed E-state index contributed by atoms with van der Waals surface area (Å²) in [6.45, 7) is 3.66. The molecule has 1 atom stereocenters. The van der Waals surface area contributed by atoms with Gasteiger partial charge in [-0.05, 0) is 44.0 Å². The highest BCUT2D eigenvalue weighted by Gasteiger charge is 2.40. The van der Waals surface area contributed by atoms with Gasteiger partial charge in [-0.3, -0.25) is 4.79 Å². The normalized spacial score (nSPS) is 19.1. The molecule has 0 saturated carbocycles. The van der Waals surface area contributed by atoms with Crippen LogP contribution in [0.2, 0.25) is 0 Å². The van der Waals surface area contributed by atoms with Crippen LogP contribution < -0.4 is 14.8 Å². The molecule has 0 aliphatic carbocycles. The van der Waals surface area contributed by atoms with Gasteiger partial charge in [-0.2, -0.15) is 0 Å². The minimum absolute atomic E-state index is 0.186. The second-order valence-corrected chi connectivity index (χ2v) is 6.18. The van der Waals surface area contributed by atoms with Crippen molar-refractivity contribution in [3.63, 3.8) is 0 Å². The van der Waals surface area contributed by atoms with E-state index in [1.165, 1.54) is 0 Å². The third kappa shape index (κ3) is 4.37. The van der Waals surface area contributed by atoms with Crippen LogP contribution in [-0.2, 0) is 20.7 Å². The first-order chi connectivity index (χ1) is 10.8.